The summed E-state index contributed by atoms with van der Waals surface area (Å²) < 4.78 is 42.4. The number of rotatable bonds is 6. The van der Waals surface area contributed by atoms with Crippen molar-refractivity contribution in [2.24, 2.45) is 11.7 Å². The molecule has 2 aliphatic carbocycles. The van der Waals surface area contributed by atoms with Crippen LogP contribution in [-0.2, 0) is 4.79 Å². The van der Waals surface area contributed by atoms with E-state index in [-0.39, 0.29) is 11.6 Å². The SMILES string of the molecule is CN(C(=O)C1CCC(N)CC1)[C@@H](c1ccc(Nc2cnc3cccnc3c2C2CC2)cc1)C(F)(F)F. The second kappa shape index (κ2) is 9.69. The fraction of sp³-hybridized carbons (Fsp3) is 0.444. The van der Waals surface area contributed by atoms with Gasteiger partial charge in [-0.05, 0) is 74.3 Å². The van der Waals surface area contributed by atoms with Crippen LogP contribution in [0.2, 0.25) is 0 Å². The highest BCUT2D eigenvalue weighted by atomic mass is 19.4. The molecule has 2 heterocycles. The van der Waals surface area contributed by atoms with Gasteiger partial charge in [-0.2, -0.15) is 13.2 Å². The average Bonchev–Trinajstić information content (AvgIpc) is 3.69. The molecule has 5 rings (SSSR count). The largest absolute Gasteiger partial charge is 0.413 e. The highest BCUT2D eigenvalue weighted by Gasteiger charge is 2.46. The quantitative estimate of drug-likeness (QED) is 0.448. The predicted molar refractivity (Wildman–Crippen MR) is 133 cm³/mol. The van der Waals surface area contributed by atoms with Crippen LogP contribution in [0.3, 0.4) is 0 Å². The van der Waals surface area contributed by atoms with Crippen LogP contribution >= 0.6 is 0 Å². The lowest BCUT2D eigenvalue weighted by molar-refractivity contribution is -0.191. The van der Waals surface area contributed by atoms with Crippen molar-refractivity contribution in [2.45, 2.75) is 62.7 Å². The molecule has 6 nitrogen and oxygen atoms in total. The number of aromatic nitrogens is 2. The van der Waals surface area contributed by atoms with Crippen molar-refractivity contribution >= 4 is 28.3 Å². The Balaban J connectivity index is 1.38. The lowest BCUT2D eigenvalue weighted by Crippen LogP contribution is -2.44. The molecular formula is C27H30F3N5O. The number of pyridine rings is 2. The Kier molecular flexibility index (Phi) is 6.59. The Hall–Kier alpha value is -3.20. The number of nitrogens with one attached hydrogen (secondary N) is 1. The highest BCUT2D eigenvalue weighted by Crippen LogP contribution is 2.46. The van der Waals surface area contributed by atoms with Crippen molar-refractivity contribution in [3.05, 3.63) is 59.9 Å². The fourth-order valence-corrected chi connectivity index (χ4v) is 5.24. The first-order chi connectivity index (χ1) is 17.2. The molecule has 0 spiro atoms. The van der Waals surface area contributed by atoms with Gasteiger partial charge in [0, 0.05) is 36.5 Å². The van der Waals surface area contributed by atoms with E-state index < -0.39 is 24.0 Å². The average molecular weight is 498 g/mol. The molecule has 0 bridgehead atoms. The minimum Gasteiger partial charge on any atom is -0.354 e. The number of nitrogens with two attached hydrogens (primary N) is 1. The van der Waals surface area contributed by atoms with E-state index in [0.717, 1.165) is 40.0 Å². The Morgan fingerprint density at radius 1 is 1.06 bits per heavy atom. The maximum absolute atomic E-state index is 14.1. The molecule has 1 amide bonds. The molecule has 1 atom stereocenters. The van der Waals surface area contributed by atoms with Crippen molar-refractivity contribution in [1.29, 1.82) is 0 Å². The summed E-state index contributed by atoms with van der Waals surface area (Å²) in [5.74, 6) is -0.499. The van der Waals surface area contributed by atoms with Crippen molar-refractivity contribution in [3.63, 3.8) is 0 Å². The van der Waals surface area contributed by atoms with Crippen molar-refractivity contribution in [1.82, 2.24) is 14.9 Å². The van der Waals surface area contributed by atoms with Crippen LogP contribution in [-0.4, -0.2) is 40.0 Å². The van der Waals surface area contributed by atoms with Crippen molar-refractivity contribution < 1.29 is 18.0 Å². The second-order valence-corrected chi connectivity index (χ2v) is 9.98. The maximum atomic E-state index is 14.1. The van der Waals surface area contributed by atoms with Gasteiger partial charge in [-0.15, -0.1) is 0 Å². The lowest BCUT2D eigenvalue weighted by atomic mass is 9.85. The molecule has 1 aromatic carbocycles. The number of benzene rings is 1. The molecule has 3 N–H and O–H groups in total. The van der Waals surface area contributed by atoms with E-state index in [4.69, 9.17) is 5.73 Å². The van der Waals surface area contributed by atoms with Gasteiger partial charge in [-0.3, -0.25) is 14.8 Å². The van der Waals surface area contributed by atoms with Gasteiger partial charge < -0.3 is 16.0 Å². The number of carbonyl (C=O) groups is 1. The van der Waals surface area contributed by atoms with Crippen molar-refractivity contribution in [2.75, 3.05) is 12.4 Å². The standard InChI is InChI=1S/C27H30F3N5O/c1-35(26(36)18-6-10-19(31)11-7-18)25(27(28,29)30)17-8-12-20(13-9-17)34-22-15-33-21-3-2-14-32-24(21)23(22)16-4-5-16/h2-3,8-9,12-16,18-19,25,34H,4-7,10-11,31H2,1H3/t18?,19?,25-/m0/s1. The van der Waals surface area contributed by atoms with Crippen LogP contribution < -0.4 is 11.1 Å². The molecule has 2 aliphatic rings. The highest BCUT2D eigenvalue weighted by molar-refractivity contribution is 5.85. The van der Waals surface area contributed by atoms with E-state index >= 15 is 0 Å². The summed E-state index contributed by atoms with van der Waals surface area (Å²) in [6.45, 7) is 0. The molecule has 9 heteroatoms. The minimum absolute atomic E-state index is 0.0202. The molecule has 2 saturated carbocycles. The third-order valence-corrected chi connectivity index (χ3v) is 7.32. The van der Waals surface area contributed by atoms with Gasteiger partial charge in [0.2, 0.25) is 5.91 Å². The number of carbonyl (C=O) groups excluding carboxylic acids is 1. The molecule has 0 saturated heterocycles. The summed E-state index contributed by atoms with van der Waals surface area (Å²) in [6.07, 6.45) is 3.40. The van der Waals surface area contributed by atoms with Gasteiger partial charge in [0.05, 0.1) is 22.9 Å². The normalized spacial score (nSPS) is 21.2. The third kappa shape index (κ3) is 5.02. The first kappa shape index (κ1) is 24.5. The zero-order valence-corrected chi connectivity index (χ0v) is 20.1. The number of hydrogen-bond acceptors (Lipinski definition) is 5. The molecule has 0 unspecified atom stereocenters. The number of anilines is 2. The van der Waals surface area contributed by atoms with Gasteiger partial charge in [0.15, 0.2) is 6.04 Å². The van der Waals surface area contributed by atoms with Gasteiger partial charge >= 0.3 is 6.18 Å². The Labute approximate surface area is 208 Å². The number of halogens is 3. The van der Waals surface area contributed by atoms with E-state index in [9.17, 15) is 18.0 Å². The molecular weight excluding hydrogens is 467 g/mol. The van der Waals surface area contributed by atoms with E-state index in [0.29, 0.717) is 37.3 Å². The number of fused-ring (bicyclic) bond motifs is 1. The lowest BCUT2D eigenvalue weighted by Gasteiger charge is -2.35. The maximum Gasteiger partial charge on any atom is 0.413 e. The predicted octanol–water partition coefficient (Wildman–Crippen LogP) is 5.83. The van der Waals surface area contributed by atoms with E-state index in [2.05, 4.69) is 15.3 Å². The number of amides is 1. The van der Waals surface area contributed by atoms with E-state index in [1.165, 1.54) is 19.2 Å². The summed E-state index contributed by atoms with van der Waals surface area (Å²) >= 11 is 0. The monoisotopic (exact) mass is 497 g/mol. The van der Waals surface area contributed by atoms with Crippen LogP contribution in [0.15, 0.2) is 48.8 Å². The smallest absolute Gasteiger partial charge is 0.354 e. The van der Waals surface area contributed by atoms with Crippen LogP contribution in [0.1, 0.15) is 61.6 Å². The van der Waals surface area contributed by atoms with E-state index in [1.54, 1.807) is 24.5 Å². The zero-order valence-electron chi connectivity index (χ0n) is 20.1. The first-order valence-corrected chi connectivity index (χ1v) is 12.4. The van der Waals surface area contributed by atoms with Crippen LogP contribution in [0.25, 0.3) is 11.0 Å². The molecule has 0 radical (unpaired) electrons. The van der Waals surface area contributed by atoms with Crippen LogP contribution in [0.4, 0.5) is 24.5 Å². The Bertz CT molecular complexity index is 1230. The van der Waals surface area contributed by atoms with Gasteiger partial charge in [-0.1, -0.05) is 12.1 Å². The summed E-state index contributed by atoms with van der Waals surface area (Å²) in [5, 5.41) is 3.32. The molecule has 0 aliphatic heterocycles. The number of nitrogens with zero attached hydrogens (tertiary/aromatic N) is 3. The van der Waals surface area contributed by atoms with Crippen molar-refractivity contribution in [3.8, 4) is 0 Å². The first-order valence-electron chi connectivity index (χ1n) is 12.4. The zero-order chi connectivity index (χ0) is 25.4. The second-order valence-electron chi connectivity index (χ2n) is 9.98. The summed E-state index contributed by atoms with van der Waals surface area (Å²) in [5.41, 5.74) is 10.1. The molecule has 2 aromatic heterocycles. The summed E-state index contributed by atoms with van der Waals surface area (Å²) in [7, 11) is 1.25. The fourth-order valence-electron chi connectivity index (χ4n) is 5.24. The molecule has 36 heavy (non-hydrogen) atoms. The van der Waals surface area contributed by atoms with E-state index in [1.807, 2.05) is 12.1 Å². The Morgan fingerprint density at radius 3 is 2.39 bits per heavy atom. The van der Waals surface area contributed by atoms with Gasteiger partial charge in [0.1, 0.15) is 0 Å². The topological polar surface area (TPSA) is 84.1 Å². The summed E-state index contributed by atoms with van der Waals surface area (Å²) in [6, 6.07) is 7.88. The van der Waals surface area contributed by atoms with Crippen LogP contribution in [0.5, 0.6) is 0 Å². The molecule has 190 valence electrons. The minimum atomic E-state index is -4.60. The number of hydrogen-bond donors (Lipinski definition) is 2. The third-order valence-electron chi connectivity index (χ3n) is 7.32. The molecule has 3 aromatic rings. The van der Waals surface area contributed by atoms with Gasteiger partial charge in [-0.25, -0.2) is 0 Å². The Morgan fingerprint density at radius 2 is 1.75 bits per heavy atom. The summed E-state index contributed by atoms with van der Waals surface area (Å²) in [4.78, 5) is 22.8. The van der Waals surface area contributed by atoms with Gasteiger partial charge in [0.25, 0.3) is 0 Å². The van der Waals surface area contributed by atoms with Crippen LogP contribution in [0, 0.1) is 5.92 Å². The molecule has 2 fully saturated rings. The number of alkyl halides is 3.